The van der Waals surface area contributed by atoms with Crippen LogP contribution in [-0.4, -0.2) is 12.4 Å². The largest absolute Gasteiger partial charge is 0.384 e. The van der Waals surface area contributed by atoms with Gasteiger partial charge in [0.05, 0.1) is 0 Å². The fourth-order valence-corrected chi connectivity index (χ4v) is 1.89. The molecule has 2 nitrogen and oxygen atoms in total. The zero-order valence-corrected chi connectivity index (χ0v) is 10.6. The molecule has 0 atom stereocenters. The summed E-state index contributed by atoms with van der Waals surface area (Å²) in [6, 6.07) is 18.3. The fraction of sp³-hybridized carbons (Fsp3) is 0.188. The maximum atomic E-state index is 5.95. The molecule has 0 aliphatic carbocycles. The molecular weight excluding hydrogens is 220 g/mol. The van der Waals surface area contributed by atoms with Gasteiger partial charge in [-0.1, -0.05) is 54.6 Å². The highest BCUT2D eigenvalue weighted by Crippen LogP contribution is 2.07. The van der Waals surface area contributed by atoms with Crippen LogP contribution in [0.5, 0.6) is 0 Å². The second kappa shape index (κ2) is 6.01. The number of aliphatic imine (C=N–C) groups is 1. The summed E-state index contributed by atoms with van der Waals surface area (Å²) < 4.78 is 0. The van der Waals surface area contributed by atoms with Crippen molar-refractivity contribution in [2.75, 3.05) is 6.54 Å². The van der Waals surface area contributed by atoms with Gasteiger partial charge in [0.1, 0.15) is 5.84 Å². The van der Waals surface area contributed by atoms with Gasteiger partial charge >= 0.3 is 0 Å². The van der Waals surface area contributed by atoms with Crippen LogP contribution in [-0.2, 0) is 6.42 Å². The molecule has 0 fully saturated rings. The zero-order chi connectivity index (χ0) is 12.8. The molecule has 0 bridgehead atoms. The molecule has 0 heterocycles. The van der Waals surface area contributed by atoms with Crippen molar-refractivity contribution >= 4 is 5.84 Å². The Morgan fingerprint density at radius 2 is 1.67 bits per heavy atom. The first-order valence-corrected chi connectivity index (χ1v) is 6.17. The molecule has 2 rings (SSSR count). The van der Waals surface area contributed by atoms with Crippen LogP contribution in [0.4, 0.5) is 0 Å². The number of rotatable bonds is 4. The van der Waals surface area contributed by atoms with Gasteiger partial charge in [-0.3, -0.25) is 4.99 Å². The number of benzene rings is 2. The molecule has 2 aromatic carbocycles. The van der Waals surface area contributed by atoms with Crippen LogP contribution in [0, 0.1) is 6.92 Å². The van der Waals surface area contributed by atoms with Crippen molar-refractivity contribution in [3.8, 4) is 0 Å². The molecule has 2 N–H and O–H groups in total. The molecular formula is C16H18N2. The predicted octanol–water partition coefficient (Wildman–Crippen LogP) is 2.94. The molecule has 18 heavy (non-hydrogen) atoms. The van der Waals surface area contributed by atoms with Crippen LogP contribution in [0.1, 0.15) is 16.7 Å². The molecule has 0 amide bonds. The fourth-order valence-electron chi connectivity index (χ4n) is 1.89. The van der Waals surface area contributed by atoms with E-state index in [4.69, 9.17) is 5.73 Å². The molecule has 0 saturated heterocycles. The summed E-state index contributed by atoms with van der Waals surface area (Å²) in [7, 11) is 0. The van der Waals surface area contributed by atoms with Gasteiger partial charge in [0.2, 0.25) is 0 Å². The first kappa shape index (κ1) is 12.4. The van der Waals surface area contributed by atoms with Crippen molar-refractivity contribution in [3.05, 3.63) is 71.3 Å². The molecule has 92 valence electrons. The maximum absolute atomic E-state index is 5.95. The summed E-state index contributed by atoms with van der Waals surface area (Å²) >= 11 is 0. The van der Waals surface area contributed by atoms with Gasteiger partial charge in [-0.25, -0.2) is 0 Å². The smallest absolute Gasteiger partial charge is 0.125 e. The monoisotopic (exact) mass is 238 g/mol. The summed E-state index contributed by atoms with van der Waals surface area (Å²) in [6.07, 6.45) is 0.931. The lowest BCUT2D eigenvalue weighted by Gasteiger charge is -2.04. The minimum atomic E-state index is 0.615. The van der Waals surface area contributed by atoms with Crippen molar-refractivity contribution in [2.24, 2.45) is 10.7 Å². The molecule has 0 aliphatic rings. The summed E-state index contributed by atoms with van der Waals surface area (Å²) in [6.45, 7) is 2.85. The molecule has 0 radical (unpaired) electrons. The molecule has 2 aromatic rings. The predicted molar refractivity (Wildman–Crippen MR) is 76.9 cm³/mol. The lowest BCUT2D eigenvalue weighted by atomic mass is 10.1. The Balaban J connectivity index is 1.98. The maximum Gasteiger partial charge on any atom is 0.125 e. The van der Waals surface area contributed by atoms with E-state index in [1.54, 1.807) is 0 Å². The molecule has 2 heteroatoms. The molecule has 0 saturated carbocycles. The van der Waals surface area contributed by atoms with E-state index in [9.17, 15) is 0 Å². The lowest BCUT2D eigenvalue weighted by Crippen LogP contribution is -2.14. The first-order chi connectivity index (χ1) is 8.77. The number of amidine groups is 1. The van der Waals surface area contributed by atoms with E-state index in [0.29, 0.717) is 5.84 Å². The average molecular weight is 238 g/mol. The highest BCUT2D eigenvalue weighted by atomic mass is 14.8. The van der Waals surface area contributed by atoms with Crippen molar-refractivity contribution in [3.63, 3.8) is 0 Å². The SMILES string of the molecule is Cc1ccccc1CCN=C(N)c1ccccc1. The van der Waals surface area contributed by atoms with Crippen molar-refractivity contribution < 1.29 is 0 Å². The number of nitrogens with two attached hydrogens (primary N) is 1. The zero-order valence-electron chi connectivity index (χ0n) is 10.6. The van der Waals surface area contributed by atoms with Gasteiger partial charge in [-0.15, -0.1) is 0 Å². The average Bonchev–Trinajstić information content (AvgIpc) is 2.42. The normalized spacial score (nSPS) is 11.5. The standard InChI is InChI=1S/C16H18N2/c1-13-7-5-6-8-14(13)11-12-18-16(17)15-9-3-2-4-10-15/h2-10H,11-12H2,1H3,(H2,17,18). The summed E-state index contributed by atoms with van der Waals surface area (Å²) in [5.41, 5.74) is 9.58. The third-order valence-corrected chi connectivity index (χ3v) is 2.99. The van der Waals surface area contributed by atoms with E-state index in [0.717, 1.165) is 18.5 Å². The third-order valence-electron chi connectivity index (χ3n) is 2.99. The van der Waals surface area contributed by atoms with Crippen LogP contribution in [0.25, 0.3) is 0 Å². The Labute approximate surface area is 108 Å². The van der Waals surface area contributed by atoms with Crippen molar-refractivity contribution in [2.45, 2.75) is 13.3 Å². The van der Waals surface area contributed by atoms with Gasteiger partial charge in [-0.05, 0) is 24.5 Å². The molecule has 0 unspecified atom stereocenters. The van der Waals surface area contributed by atoms with E-state index < -0.39 is 0 Å². The third kappa shape index (κ3) is 3.20. The number of hydrogen-bond donors (Lipinski definition) is 1. The van der Waals surface area contributed by atoms with Gasteiger partial charge in [0.15, 0.2) is 0 Å². The Hall–Kier alpha value is -2.09. The molecule has 0 aliphatic heterocycles. The van der Waals surface area contributed by atoms with E-state index >= 15 is 0 Å². The lowest BCUT2D eigenvalue weighted by molar-refractivity contribution is 0.955. The van der Waals surface area contributed by atoms with Crippen LogP contribution < -0.4 is 5.73 Å². The topological polar surface area (TPSA) is 38.4 Å². The van der Waals surface area contributed by atoms with Crippen LogP contribution in [0.2, 0.25) is 0 Å². The van der Waals surface area contributed by atoms with E-state index in [2.05, 4.69) is 36.2 Å². The summed E-state index contributed by atoms with van der Waals surface area (Å²) in [4.78, 5) is 4.43. The highest BCUT2D eigenvalue weighted by Gasteiger charge is 1.98. The Kier molecular flexibility index (Phi) is 4.13. The Bertz CT molecular complexity index is 530. The minimum Gasteiger partial charge on any atom is -0.384 e. The summed E-state index contributed by atoms with van der Waals surface area (Å²) in [5.74, 6) is 0.615. The second-order valence-electron chi connectivity index (χ2n) is 4.31. The second-order valence-corrected chi connectivity index (χ2v) is 4.31. The quantitative estimate of drug-likeness (QED) is 0.645. The number of hydrogen-bond acceptors (Lipinski definition) is 1. The van der Waals surface area contributed by atoms with E-state index in [1.807, 2.05) is 30.3 Å². The van der Waals surface area contributed by atoms with Gasteiger partial charge in [0.25, 0.3) is 0 Å². The Morgan fingerprint density at radius 3 is 2.39 bits per heavy atom. The van der Waals surface area contributed by atoms with Crippen LogP contribution in [0.15, 0.2) is 59.6 Å². The van der Waals surface area contributed by atoms with Gasteiger partial charge in [-0.2, -0.15) is 0 Å². The van der Waals surface area contributed by atoms with Crippen LogP contribution >= 0.6 is 0 Å². The first-order valence-electron chi connectivity index (χ1n) is 6.17. The number of aryl methyl sites for hydroxylation is 1. The molecule has 0 spiro atoms. The minimum absolute atomic E-state index is 0.615. The summed E-state index contributed by atoms with van der Waals surface area (Å²) in [5, 5.41) is 0. The van der Waals surface area contributed by atoms with E-state index in [-0.39, 0.29) is 0 Å². The van der Waals surface area contributed by atoms with Crippen molar-refractivity contribution in [1.29, 1.82) is 0 Å². The highest BCUT2D eigenvalue weighted by molar-refractivity contribution is 5.97. The van der Waals surface area contributed by atoms with E-state index in [1.165, 1.54) is 11.1 Å². The molecule has 0 aromatic heterocycles. The number of nitrogens with zero attached hydrogens (tertiary/aromatic N) is 1. The Morgan fingerprint density at radius 1 is 1.00 bits per heavy atom. The van der Waals surface area contributed by atoms with Gasteiger partial charge in [0, 0.05) is 12.1 Å². The van der Waals surface area contributed by atoms with Gasteiger partial charge < -0.3 is 5.73 Å². The van der Waals surface area contributed by atoms with Crippen molar-refractivity contribution in [1.82, 2.24) is 0 Å². The van der Waals surface area contributed by atoms with Crippen LogP contribution in [0.3, 0.4) is 0 Å².